The molecule has 0 bridgehead atoms. The number of nitrogens with one attached hydrogen (secondary N) is 11. The van der Waals surface area contributed by atoms with Gasteiger partial charge in [-0.25, -0.2) is 9.59 Å². The molecule has 1 aliphatic rings. The SMILES string of the molecule is CCCCCc1ccc(/C(C)=C/C(=O)N[C@@H](Cc2c[nH]c3ccccc23)C(=O)N[C@H](CC(N)=O)C(=O)C[C@@H](C)C(=O)N[C@@H]2C(=O)NCC(=O)N[C@@H](CCCN)C(=O)N[C@@H](CC(=O)O)C(=O)C[C@H](C)C(=O)N[C@@H](C)C(=O)NCC(=O)N[C@H](CO)C(=O)C[C@@H]([C@H](C)CC(=O)O)C(=O)N[C@@H](CC(=O)c3ccccc3N)C(=O)O[C@@H]2C)cc1.CCCCCc1ccc(/C(C)=C/C(=O)O)cc1.O=C=O.O=C=O. The van der Waals surface area contributed by atoms with E-state index in [9.17, 15) is 106 Å². The fraction of sp³-hybridized carbons (Fsp3) is 0.463. The molecule has 1 saturated heterocycles. The predicted octanol–water partition coefficient (Wildman–Crippen LogP) is 2.18. The fourth-order valence-corrected chi connectivity index (χ4v) is 14.2. The number of carbonyl (C=O) groups excluding carboxylic acids is 20. The molecule has 0 radical (unpaired) electrons. The Labute approximate surface area is 790 Å². The number of anilines is 1. The number of unbranched alkanes of at least 4 members (excludes halogenated alkanes) is 4. The molecule has 42 heteroatoms. The number of carboxylic acid groups (broad SMARTS) is 3. The van der Waals surface area contributed by atoms with Crippen molar-refractivity contribution in [3.05, 3.63) is 149 Å². The van der Waals surface area contributed by atoms with Gasteiger partial charge in [-0.15, -0.1) is 0 Å². The Bertz CT molecular complexity index is 5160. The number of ketones is 4. The Morgan fingerprint density at radius 3 is 1.65 bits per heavy atom. The van der Waals surface area contributed by atoms with Crippen molar-refractivity contribution >= 4 is 152 Å². The number of H-pyrrole nitrogens is 1. The fourth-order valence-electron chi connectivity index (χ4n) is 14.2. The highest BCUT2D eigenvalue weighted by molar-refractivity contribution is 6.05. The van der Waals surface area contributed by atoms with Gasteiger partial charge in [-0.1, -0.05) is 139 Å². The summed E-state index contributed by atoms with van der Waals surface area (Å²) in [7, 11) is 0. The van der Waals surface area contributed by atoms with Crippen LogP contribution >= 0.6 is 0 Å². The lowest BCUT2D eigenvalue weighted by Gasteiger charge is -2.29. The summed E-state index contributed by atoms with van der Waals surface area (Å²) in [6, 6.07) is 14.1. The number of Topliss-reactive ketones (excluding diaryl/α,β-unsaturated/α-hetero) is 4. The van der Waals surface area contributed by atoms with Crippen LogP contribution < -0.4 is 70.4 Å². The van der Waals surface area contributed by atoms with Crippen LogP contribution in [0.4, 0.5) is 5.69 Å². The Hall–Kier alpha value is -14.9. The summed E-state index contributed by atoms with van der Waals surface area (Å²) in [5, 5.41) is 63.0. The Morgan fingerprint density at radius 2 is 1.11 bits per heavy atom. The highest BCUT2D eigenvalue weighted by atomic mass is 16.5. The van der Waals surface area contributed by atoms with Gasteiger partial charge < -0.3 is 101 Å². The minimum atomic E-state index is -2.18. The van der Waals surface area contributed by atoms with Gasteiger partial charge in [0.1, 0.15) is 42.4 Å². The molecule has 0 unspecified atom stereocenters. The molecule has 2 heterocycles. The van der Waals surface area contributed by atoms with Crippen LogP contribution in [0, 0.1) is 23.7 Å². The summed E-state index contributed by atoms with van der Waals surface area (Å²) in [5.74, 6) is -27.5. The van der Waals surface area contributed by atoms with Gasteiger partial charge in [0.25, 0.3) is 0 Å². The minimum absolute atomic E-state index is 0.00989. The number of nitrogen functional groups attached to an aromatic ring is 1. The number of fused-ring (bicyclic) bond motifs is 1. The monoisotopic (exact) mass is 1910 g/mol. The zero-order valence-corrected chi connectivity index (χ0v) is 77.9. The Kier molecular flexibility index (Phi) is 51.9. The molecule has 0 spiro atoms. The number of amides is 11. The number of rotatable bonds is 36. The third kappa shape index (κ3) is 42.1. The second-order valence-corrected chi connectivity index (χ2v) is 32.9. The highest BCUT2D eigenvalue weighted by Crippen LogP contribution is 2.26. The number of cyclic esters (lactones) is 1. The van der Waals surface area contributed by atoms with Crippen LogP contribution in [0.2, 0.25) is 0 Å². The van der Waals surface area contributed by atoms with Gasteiger partial charge in [0.2, 0.25) is 65.0 Å². The number of primary amides is 1. The largest absolute Gasteiger partial charge is 0.481 e. The van der Waals surface area contributed by atoms with Crippen LogP contribution in [0.15, 0.2) is 115 Å². The Morgan fingerprint density at radius 1 is 0.569 bits per heavy atom. The molecule has 21 N–H and O–H groups in total. The standard InChI is InChI=1S/C78H104N14O22.C15H20O2.2CO2/c1-8-9-10-16-46-22-24-47(25-23-46)40(2)29-65(99)87-57(31-48-36-82-53-20-14-12-17-49(48)53)76(111)89-55(34-64(81)98)61(95)28-43(5)72(107)92-70-45(7)114-78(113)58(33-60(94)50-18-11-13-19-52(50)80)91-74(109)51(41(3)30-68(102)103)32-63(97)59(39-93)88-67(101)37-83-73(108)44(6)85-71(106)42(4)27-62(96)56(35-69(104)105)90-75(110)54(21-15-26-79)86-66(100)38-84-77(70)112;1-3-4-5-6-13-7-9-14(10-8-13)12(2)11-15(16)17;2*2-1-3/h11-14,17-20,22-25,29,36,41-45,51,54-59,70,82,93H,8-10,15-16,21,26-28,30-35,37-39,79-80H2,1-7H3,(H2,81,98)(H,83,108)(H,84,112)(H,85,106)(H,86,100)(H,87,99)(H,88,101)(H,89,111)(H,90,110)(H,91,109)(H,92,107)(H,102,103)(H,104,105);7-11H,3-6H2,1-2H3,(H,16,17);;/b40-29+;12-11+;;/t41-,42+,43-,44+,45-,51+,54+,55-,56+,57+,58+,59-,70+;;;/m1.../s1. The number of carbonyl (C=O) groups is 19. The number of aliphatic hydroxyl groups excluding tert-OH is 1. The third-order valence-corrected chi connectivity index (χ3v) is 21.9. The summed E-state index contributed by atoms with van der Waals surface area (Å²) in [5.41, 5.74) is 24.0. The number of para-hydroxylation sites is 2. The molecule has 11 amide bonds. The number of nitrogens with two attached hydrogens (primary N) is 3. The van der Waals surface area contributed by atoms with Crippen LogP contribution in [-0.4, -0.2) is 230 Å². The van der Waals surface area contributed by atoms with Gasteiger partial charge in [-0.05, 0) is 136 Å². The number of ether oxygens (including phenoxy) is 1. The molecular formula is C95H124N14O28. The molecule has 1 aromatic heterocycles. The number of aromatic nitrogens is 1. The van der Waals surface area contributed by atoms with Crippen molar-refractivity contribution in [3.63, 3.8) is 0 Å². The molecule has 0 aliphatic carbocycles. The van der Waals surface area contributed by atoms with Crippen molar-refractivity contribution in [3.8, 4) is 0 Å². The van der Waals surface area contributed by atoms with Crippen molar-refractivity contribution in [1.82, 2.24) is 58.2 Å². The molecule has 742 valence electrons. The van der Waals surface area contributed by atoms with Crippen molar-refractivity contribution in [2.45, 2.75) is 232 Å². The maximum absolute atomic E-state index is 14.8. The van der Waals surface area contributed by atoms with E-state index in [2.05, 4.69) is 84.1 Å². The summed E-state index contributed by atoms with van der Waals surface area (Å²) in [4.78, 5) is 295. The molecule has 1 aliphatic heterocycles. The van der Waals surface area contributed by atoms with E-state index in [0.717, 1.165) is 61.3 Å². The third-order valence-electron chi connectivity index (χ3n) is 21.9. The van der Waals surface area contributed by atoms with Crippen molar-refractivity contribution < 1.29 is 135 Å². The summed E-state index contributed by atoms with van der Waals surface area (Å²) < 4.78 is 5.79. The predicted molar refractivity (Wildman–Crippen MR) is 492 cm³/mol. The van der Waals surface area contributed by atoms with Gasteiger partial charge >= 0.3 is 36.2 Å². The highest BCUT2D eigenvalue weighted by Gasteiger charge is 2.41. The molecule has 13 atom stereocenters. The second kappa shape index (κ2) is 61.1. The van der Waals surface area contributed by atoms with Gasteiger partial charge in [0.05, 0.1) is 44.6 Å². The molecule has 42 nitrogen and oxygen atoms in total. The lowest BCUT2D eigenvalue weighted by atomic mass is 9.84. The first-order chi connectivity index (χ1) is 64.9. The van der Waals surface area contributed by atoms with Gasteiger partial charge in [-0.3, -0.25) is 81.5 Å². The molecule has 137 heavy (non-hydrogen) atoms. The number of aromatic amines is 1. The molecular weight excluding hydrogens is 1790 g/mol. The molecule has 4 aromatic carbocycles. The first-order valence-electron chi connectivity index (χ1n) is 44.4. The number of allylic oxidation sites excluding steroid dienone is 2. The van der Waals surface area contributed by atoms with Crippen LogP contribution in [0.1, 0.15) is 197 Å². The molecule has 1 fully saturated rings. The lowest BCUT2D eigenvalue weighted by molar-refractivity contribution is -0.193. The van der Waals surface area contributed by atoms with Gasteiger partial charge in [0, 0.05) is 96.8 Å². The van der Waals surface area contributed by atoms with Crippen LogP contribution in [0.3, 0.4) is 0 Å². The molecule has 5 aromatic rings. The zero-order chi connectivity index (χ0) is 103. The quantitative estimate of drug-likeness (QED) is 0.00898. The van der Waals surface area contributed by atoms with Crippen molar-refractivity contribution in [1.29, 1.82) is 0 Å². The van der Waals surface area contributed by atoms with Gasteiger partial charge in [0.15, 0.2) is 23.1 Å². The van der Waals surface area contributed by atoms with Crippen LogP contribution in [0.25, 0.3) is 22.0 Å². The number of hydrogen-bond donors (Lipinski definition) is 18. The number of esters is 1. The normalized spacial score (nSPS) is 19.6. The molecule has 6 rings (SSSR count). The first-order valence-corrected chi connectivity index (χ1v) is 44.4. The topological polar surface area (TPSA) is 697 Å². The van der Waals surface area contributed by atoms with E-state index in [4.69, 9.17) is 46.2 Å². The Balaban J connectivity index is 0.00000184. The number of aliphatic hydroxyl groups is 1. The smallest absolute Gasteiger partial charge is 0.373 e. The van der Waals surface area contributed by atoms with Crippen molar-refractivity contribution in [2.75, 3.05) is 32.0 Å². The summed E-state index contributed by atoms with van der Waals surface area (Å²) >= 11 is 0. The number of aryl methyl sites for hydroxylation is 2. The average molecular weight is 1910 g/mol. The first kappa shape index (κ1) is 116. The van der Waals surface area contributed by atoms with E-state index in [1.807, 2.05) is 43.3 Å². The summed E-state index contributed by atoms with van der Waals surface area (Å²) in [6.07, 6.45) is 4.78. The van der Waals surface area contributed by atoms with Gasteiger partial charge in [-0.2, -0.15) is 19.2 Å². The number of benzene rings is 4. The van der Waals surface area contributed by atoms with E-state index < -0.39 is 255 Å². The van der Waals surface area contributed by atoms with Crippen LogP contribution in [-0.2, 0) is 129 Å². The summed E-state index contributed by atoms with van der Waals surface area (Å²) in [6.45, 7) is 10.5. The number of hydrogen-bond acceptors (Lipinski definition) is 27. The van der Waals surface area contributed by atoms with E-state index in [0.29, 0.717) is 22.0 Å². The second-order valence-electron chi connectivity index (χ2n) is 32.9. The van der Waals surface area contributed by atoms with E-state index in [1.165, 1.54) is 88.9 Å². The maximum Gasteiger partial charge on any atom is 0.373 e. The van der Waals surface area contributed by atoms with E-state index in [-0.39, 0.29) is 49.4 Å². The van der Waals surface area contributed by atoms with Crippen molar-refractivity contribution in [2.24, 2.45) is 35.1 Å². The van der Waals surface area contributed by atoms with Crippen LogP contribution in [0.5, 0.6) is 0 Å². The van der Waals surface area contributed by atoms with E-state index >= 15 is 0 Å². The van der Waals surface area contributed by atoms with E-state index in [1.54, 1.807) is 37.4 Å². The number of carboxylic acids is 3. The zero-order valence-electron chi connectivity index (χ0n) is 77.9. The molecule has 0 saturated carbocycles. The number of aliphatic carboxylic acids is 3. The maximum atomic E-state index is 14.8. The average Bonchev–Trinajstić information content (AvgIpc) is 1.72. The lowest BCUT2D eigenvalue weighted by Crippen LogP contribution is -2.58. The minimum Gasteiger partial charge on any atom is -0.481 e.